The van der Waals surface area contributed by atoms with Gasteiger partial charge in [0.25, 0.3) is 0 Å². The maximum atomic E-state index is 13.3. The number of rotatable bonds is 7. The van der Waals surface area contributed by atoms with E-state index in [1.54, 1.807) is 24.4 Å². The fourth-order valence-corrected chi connectivity index (χ4v) is 3.09. The summed E-state index contributed by atoms with van der Waals surface area (Å²) in [7, 11) is 0. The Morgan fingerprint density at radius 1 is 1.33 bits per heavy atom. The highest BCUT2D eigenvalue weighted by Crippen LogP contribution is 2.28. The maximum absolute atomic E-state index is 13.3. The van der Waals surface area contributed by atoms with E-state index in [4.69, 9.17) is 0 Å². The fourth-order valence-electron chi connectivity index (χ4n) is 3.09. The van der Waals surface area contributed by atoms with Crippen LogP contribution >= 0.6 is 0 Å². The van der Waals surface area contributed by atoms with Crippen molar-refractivity contribution in [1.82, 2.24) is 9.55 Å². The second kappa shape index (κ2) is 9.28. The minimum Gasteiger partial charge on any atom is -0.395 e. The zero-order chi connectivity index (χ0) is 21.7. The largest absolute Gasteiger partial charge is 0.395 e. The molecular weight excluding hydrogens is 383 g/mol. The number of hydrogen-bond donors (Lipinski definition) is 2. The predicted molar refractivity (Wildman–Crippen MR) is 118 cm³/mol. The SMILES string of the molecule is C=Nc1nc(-c2ccc(C)c(NC(=O)C(CO)c3ccccc3)c2)cn1/C=C(\C)F. The van der Waals surface area contributed by atoms with E-state index in [1.165, 1.54) is 17.7 Å². The minimum absolute atomic E-state index is 0.262. The van der Waals surface area contributed by atoms with Crippen LogP contribution in [-0.2, 0) is 4.79 Å². The zero-order valence-corrected chi connectivity index (χ0v) is 16.8. The van der Waals surface area contributed by atoms with Gasteiger partial charge in [-0.05, 0) is 37.8 Å². The van der Waals surface area contributed by atoms with E-state index < -0.39 is 11.7 Å². The van der Waals surface area contributed by atoms with Crippen LogP contribution in [0.4, 0.5) is 16.0 Å². The molecule has 6 nitrogen and oxygen atoms in total. The van der Waals surface area contributed by atoms with Gasteiger partial charge >= 0.3 is 0 Å². The number of aliphatic hydroxyl groups is 1. The van der Waals surface area contributed by atoms with Crippen LogP contribution in [0, 0.1) is 6.92 Å². The molecule has 154 valence electrons. The first-order chi connectivity index (χ1) is 14.4. The molecule has 0 fully saturated rings. The molecule has 3 rings (SSSR count). The van der Waals surface area contributed by atoms with Crippen molar-refractivity contribution in [2.24, 2.45) is 4.99 Å². The number of aryl methyl sites for hydroxylation is 1. The van der Waals surface area contributed by atoms with Crippen LogP contribution in [0.3, 0.4) is 0 Å². The average Bonchev–Trinajstić information content (AvgIpc) is 3.13. The van der Waals surface area contributed by atoms with E-state index >= 15 is 0 Å². The molecular formula is C23H23FN4O2. The number of halogens is 1. The molecule has 1 atom stereocenters. The molecule has 30 heavy (non-hydrogen) atoms. The summed E-state index contributed by atoms with van der Waals surface area (Å²) < 4.78 is 14.8. The Morgan fingerprint density at radius 2 is 2.07 bits per heavy atom. The minimum atomic E-state index is -0.678. The topological polar surface area (TPSA) is 79.5 Å². The maximum Gasteiger partial charge on any atom is 0.234 e. The van der Waals surface area contributed by atoms with Crippen molar-refractivity contribution < 1.29 is 14.3 Å². The standard InChI is InChI=1S/C23H23FN4O2/c1-15-9-10-18(21-13-28(12-16(2)24)23(25-3)27-21)11-20(15)26-22(30)19(14-29)17-7-5-4-6-8-17/h4-13,19,29H,3,14H2,1-2H3,(H,26,30)/b16-12+. The normalized spacial score (nSPS) is 12.5. The molecule has 0 saturated carbocycles. The molecule has 0 saturated heterocycles. The number of carbonyl (C=O) groups is 1. The van der Waals surface area contributed by atoms with E-state index in [0.29, 0.717) is 11.4 Å². The summed E-state index contributed by atoms with van der Waals surface area (Å²) in [5.41, 5.74) is 3.49. The van der Waals surface area contributed by atoms with Crippen molar-refractivity contribution in [3.05, 3.63) is 71.7 Å². The van der Waals surface area contributed by atoms with Crippen molar-refractivity contribution in [2.75, 3.05) is 11.9 Å². The lowest BCUT2D eigenvalue weighted by Crippen LogP contribution is -2.24. The highest BCUT2D eigenvalue weighted by atomic mass is 19.1. The van der Waals surface area contributed by atoms with Crippen molar-refractivity contribution in [3.63, 3.8) is 0 Å². The van der Waals surface area contributed by atoms with Crippen LogP contribution in [0.2, 0.25) is 0 Å². The summed E-state index contributed by atoms with van der Waals surface area (Å²) >= 11 is 0. The highest BCUT2D eigenvalue weighted by molar-refractivity contribution is 5.97. The third kappa shape index (κ3) is 4.69. The van der Waals surface area contributed by atoms with Gasteiger partial charge in [0.1, 0.15) is 5.83 Å². The number of hydrogen-bond acceptors (Lipinski definition) is 4. The van der Waals surface area contributed by atoms with Crippen molar-refractivity contribution >= 4 is 30.5 Å². The molecule has 0 spiro atoms. The number of carbonyl (C=O) groups excluding carboxylic acids is 1. The Hall–Kier alpha value is -3.58. The summed E-state index contributed by atoms with van der Waals surface area (Å²) in [6.45, 7) is 6.37. The molecule has 7 heteroatoms. The molecule has 0 aliphatic heterocycles. The van der Waals surface area contributed by atoms with Crippen LogP contribution in [0.1, 0.15) is 24.0 Å². The Kier molecular flexibility index (Phi) is 6.54. The monoisotopic (exact) mass is 406 g/mol. The predicted octanol–water partition coefficient (Wildman–Crippen LogP) is 4.69. The van der Waals surface area contributed by atoms with Gasteiger partial charge in [-0.1, -0.05) is 42.5 Å². The van der Waals surface area contributed by atoms with E-state index in [-0.39, 0.29) is 18.5 Å². The molecule has 0 radical (unpaired) electrons. The number of imidazole rings is 1. The lowest BCUT2D eigenvalue weighted by molar-refractivity contribution is -0.118. The number of amides is 1. The van der Waals surface area contributed by atoms with Crippen LogP contribution in [0.5, 0.6) is 0 Å². The highest BCUT2D eigenvalue weighted by Gasteiger charge is 2.20. The lowest BCUT2D eigenvalue weighted by Gasteiger charge is -2.16. The fraction of sp³-hybridized carbons (Fsp3) is 0.174. The molecule has 0 aliphatic rings. The smallest absolute Gasteiger partial charge is 0.234 e. The quantitative estimate of drug-likeness (QED) is 0.559. The number of benzene rings is 2. The first-order valence-corrected chi connectivity index (χ1v) is 9.40. The molecule has 1 aromatic heterocycles. The summed E-state index contributed by atoms with van der Waals surface area (Å²) in [6.07, 6.45) is 2.91. The molecule has 2 aromatic carbocycles. The number of aromatic nitrogens is 2. The van der Waals surface area contributed by atoms with E-state index in [1.807, 2.05) is 37.3 Å². The first-order valence-electron chi connectivity index (χ1n) is 9.40. The Morgan fingerprint density at radius 3 is 2.70 bits per heavy atom. The van der Waals surface area contributed by atoms with Gasteiger partial charge in [0.15, 0.2) is 0 Å². The van der Waals surface area contributed by atoms with Gasteiger partial charge in [-0.25, -0.2) is 14.4 Å². The Balaban J connectivity index is 1.91. The lowest BCUT2D eigenvalue weighted by atomic mass is 9.98. The molecule has 1 unspecified atom stereocenters. The summed E-state index contributed by atoms with van der Waals surface area (Å²) in [6, 6.07) is 14.6. The van der Waals surface area contributed by atoms with Gasteiger partial charge < -0.3 is 10.4 Å². The summed E-state index contributed by atoms with van der Waals surface area (Å²) in [5.74, 6) is -1.11. The number of aliphatic hydroxyl groups excluding tert-OH is 1. The van der Waals surface area contributed by atoms with Gasteiger partial charge in [0.2, 0.25) is 11.9 Å². The van der Waals surface area contributed by atoms with Crippen molar-refractivity contribution in [2.45, 2.75) is 19.8 Å². The Bertz CT molecular complexity index is 1090. The van der Waals surface area contributed by atoms with E-state index in [9.17, 15) is 14.3 Å². The first kappa shape index (κ1) is 21.1. The third-order valence-electron chi connectivity index (χ3n) is 4.66. The van der Waals surface area contributed by atoms with Gasteiger partial charge in [-0.15, -0.1) is 0 Å². The molecule has 1 amide bonds. The summed E-state index contributed by atoms with van der Waals surface area (Å²) in [5, 5.41) is 12.6. The van der Waals surface area contributed by atoms with Crippen LogP contribution in [0.25, 0.3) is 17.5 Å². The second-order valence-corrected chi connectivity index (χ2v) is 6.87. The van der Waals surface area contributed by atoms with Gasteiger partial charge in [0, 0.05) is 23.6 Å². The van der Waals surface area contributed by atoms with Crippen LogP contribution < -0.4 is 5.32 Å². The zero-order valence-electron chi connectivity index (χ0n) is 16.8. The van der Waals surface area contributed by atoms with Crippen LogP contribution in [0.15, 0.2) is 65.5 Å². The number of aliphatic imine (C=N–C) groups is 1. The molecule has 2 N–H and O–H groups in total. The molecule has 3 aromatic rings. The number of allylic oxidation sites excluding steroid dienone is 1. The van der Waals surface area contributed by atoms with Crippen molar-refractivity contribution in [1.29, 1.82) is 0 Å². The molecule has 1 heterocycles. The van der Waals surface area contributed by atoms with Gasteiger partial charge in [-0.3, -0.25) is 9.36 Å². The average molecular weight is 406 g/mol. The molecule has 0 bridgehead atoms. The third-order valence-corrected chi connectivity index (χ3v) is 4.66. The van der Waals surface area contributed by atoms with Gasteiger partial charge in [0.05, 0.1) is 18.2 Å². The van der Waals surface area contributed by atoms with E-state index in [2.05, 4.69) is 22.0 Å². The second-order valence-electron chi connectivity index (χ2n) is 6.87. The Labute approximate surface area is 174 Å². The number of anilines is 1. The van der Waals surface area contributed by atoms with Gasteiger partial charge in [-0.2, -0.15) is 0 Å². The number of nitrogens with one attached hydrogen (secondary N) is 1. The molecule has 0 aliphatic carbocycles. The van der Waals surface area contributed by atoms with Crippen LogP contribution in [-0.4, -0.2) is 33.9 Å². The number of nitrogens with zero attached hydrogens (tertiary/aromatic N) is 3. The van der Waals surface area contributed by atoms with Crippen molar-refractivity contribution in [3.8, 4) is 11.3 Å². The summed E-state index contributed by atoms with van der Waals surface area (Å²) in [4.78, 5) is 21.0. The van der Waals surface area contributed by atoms with E-state index in [0.717, 1.165) is 16.7 Å².